The number of halogens is 1. The molecule has 1 unspecified atom stereocenters. The Balaban J connectivity index is 2.83. The van der Waals surface area contributed by atoms with Crippen LogP contribution in [0, 0.1) is 0 Å². The van der Waals surface area contributed by atoms with Crippen LogP contribution in [-0.4, -0.2) is 24.2 Å². The standard InChI is InChI=1S/C15H22ClNO/c1-4-10-17(11-5-2)14-8-6-13(7-9-14)15(18)12(3)16/h6-9,12H,4-5,10-11H2,1-3H3. The van der Waals surface area contributed by atoms with Gasteiger partial charge in [0.15, 0.2) is 5.78 Å². The molecule has 0 fully saturated rings. The molecule has 18 heavy (non-hydrogen) atoms. The average molecular weight is 268 g/mol. The van der Waals surface area contributed by atoms with Gasteiger partial charge in [-0.15, -0.1) is 11.6 Å². The van der Waals surface area contributed by atoms with E-state index in [1.807, 2.05) is 24.3 Å². The fourth-order valence-electron chi connectivity index (χ4n) is 1.98. The number of rotatable bonds is 7. The van der Waals surface area contributed by atoms with Gasteiger partial charge in [0, 0.05) is 24.3 Å². The lowest BCUT2D eigenvalue weighted by Crippen LogP contribution is -2.24. The Morgan fingerprint density at radius 2 is 1.67 bits per heavy atom. The van der Waals surface area contributed by atoms with Crippen LogP contribution in [0.4, 0.5) is 5.69 Å². The number of alkyl halides is 1. The van der Waals surface area contributed by atoms with Gasteiger partial charge in [-0.25, -0.2) is 0 Å². The number of hydrogen-bond acceptors (Lipinski definition) is 2. The summed E-state index contributed by atoms with van der Waals surface area (Å²) in [6.45, 7) is 8.16. The Morgan fingerprint density at radius 1 is 1.17 bits per heavy atom. The Bertz CT molecular complexity index is 367. The molecular weight excluding hydrogens is 246 g/mol. The SMILES string of the molecule is CCCN(CCC)c1ccc(C(=O)C(C)Cl)cc1. The minimum Gasteiger partial charge on any atom is -0.372 e. The van der Waals surface area contributed by atoms with Gasteiger partial charge in [0.25, 0.3) is 0 Å². The van der Waals surface area contributed by atoms with Crippen molar-refractivity contribution < 1.29 is 4.79 Å². The van der Waals surface area contributed by atoms with Crippen molar-refractivity contribution >= 4 is 23.1 Å². The highest BCUT2D eigenvalue weighted by Gasteiger charge is 2.12. The minimum absolute atomic E-state index is 0.0132. The van der Waals surface area contributed by atoms with E-state index in [1.54, 1.807) is 6.92 Å². The summed E-state index contributed by atoms with van der Waals surface area (Å²) >= 11 is 5.80. The molecule has 1 rings (SSSR count). The Kier molecular flexibility index (Phi) is 6.20. The first-order valence-corrected chi connectivity index (χ1v) is 7.07. The van der Waals surface area contributed by atoms with Crippen molar-refractivity contribution in [3.05, 3.63) is 29.8 Å². The normalized spacial score (nSPS) is 12.2. The maximum absolute atomic E-state index is 11.7. The molecule has 0 bridgehead atoms. The summed E-state index contributed by atoms with van der Waals surface area (Å²) < 4.78 is 0. The molecule has 0 N–H and O–H groups in total. The van der Waals surface area contributed by atoms with Crippen LogP contribution in [0.5, 0.6) is 0 Å². The minimum atomic E-state index is -0.460. The van der Waals surface area contributed by atoms with Crippen molar-refractivity contribution in [2.24, 2.45) is 0 Å². The van der Waals surface area contributed by atoms with E-state index < -0.39 is 5.38 Å². The molecule has 100 valence electrons. The first-order valence-electron chi connectivity index (χ1n) is 6.63. The van der Waals surface area contributed by atoms with Crippen LogP contribution in [0.2, 0.25) is 0 Å². The van der Waals surface area contributed by atoms with E-state index in [-0.39, 0.29) is 5.78 Å². The lowest BCUT2D eigenvalue weighted by atomic mass is 10.1. The molecule has 1 atom stereocenters. The van der Waals surface area contributed by atoms with Gasteiger partial charge in [-0.1, -0.05) is 13.8 Å². The molecule has 0 aliphatic carbocycles. The van der Waals surface area contributed by atoms with Crippen LogP contribution in [0.25, 0.3) is 0 Å². The van der Waals surface area contributed by atoms with E-state index in [0.717, 1.165) is 25.9 Å². The fraction of sp³-hybridized carbons (Fsp3) is 0.533. The van der Waals surface area contributed by atoms with Crippen LogP contribution < -0.4 is 4.90 Å². The Labute approximate surface area is 115 Å². The van der Waals surface area contributed by atoms with Gasteiger partial charge in [-0.3, -0.25) is 4.79 Å². The summed E-state index contributed by atoms with van der Waals surface area (Å²) in [6.07, 6.45) is 2.25. The number of anilines is 1. The topological polar surface area (TPSA) is 20.3 Å². The van der Waals surface area contributed by atoms with E-state index in [9.17, 15) is 4.79 Å². The van der Waals surface area contributed by atoms with Gasteiger partial charge in [-0.2, -0.15) is 0 Å². The molecule has 0 radical (unpaired) electrons. The molecule has 1 aromatic carbocycles. The van der Waals surface area contributed by atoms with Crippen molar-refractivity contribution in [3.63, 3.8) is 0 Å². The second-order valence-electron chi connectivity index (χ2n) is 4.51. The summed E-state index contributed by atoms with van der Waals surface area (Å²) in [6, 6.07) is 7.76. The first kappa shape index (κ1) is 15.0. The highest BCUT2D eigenvalue weighted by atomic mass is 35.5. The number of hydrogen-bond donors (Lipinski definition) is 0. The van der Waals surface area contributed by atoms with Gasteiger partial charge in [0.2, 0.25) is 0 Å². The van der Waals surface area contributed by atoms with Gasteiger partial charge in [0.05, 0.1) is 5.38 Å². The van der Waals surface area contributed by atoms with Gasteiger partial charge >= 0.3 is 0 Å². The highest BCUT2D eigenvalue weighted by Crippen LogP contribution is 2.17. The second-order valence-corrected chi connectivity index (χ2v) is 5.17. The molecular formula is C15H22ClNO. The predicted molar refractivity (Wildman–Crippen MR) is 78.9 cm³/mol. The lowest BCUT2D eigenvalue weighted by Gasteiger charge is -2.23. The zero-order chi connectivity index (χ0) is 13.5. The average Bonchev–Trinajstić information content (AvgIpc) is 2.38. The third-order valence-corrected chi connectivity index (χ3v) is 3.06. The molecule has 0 saturated carbocycles. The van der Waals surface area contributed by atoms with Gasteiger partial charge < -0.3 is 4.90 Å². The smallest absolute Gasteiger partial charge is 0.180 e. The van der Waals surface area contributed by atoms with E-state index in [2.05, 4.69) is 18.7 Å². The molecule has 0 aliphatic rings. The molecule has 2 nitrogen and oxygen atoms in total. The second kappa shape index (κ2) is 7.42. The summed E-state index contributed by atoms with van der Waals surface area (Å²) in [5.41, 5.74) is 1.87. The zero-order valence-electron chi connectivity index (χ0n) is 11.4. The molecule has 0 spiro atoms. The van der Waals surface area contributed by atoms with E-state index >= 15 is 0 Å². The first-order chi connectivity index (χ1) is 8.60. The number of nitrogens with zero attached hydrogens (tertiary/aromatic N) is 1. The summed E-state index contributed by atoms with van der Waals surface area (Å²) in [4.78, 5) is 14.1. The number of carbonyl (C=O) groups is 1. The Morgan fingerprint density at radius 3 is 2.06 bits per heavy atom. The van der Waals surface area contributed by atoms with Crippen LogP contribution in [0.1, 0.15) is 44.0 Å². The summed E-state index contributed by atoms with van der Waals surface area (Å²) in [5, 5.41) is -0.460. The van der Waals surface area contributed by atoms with Crippen molar-refractivity contribution in [3.8, 4) is 0 Å². The highest BCUT2D eigenvalue weighted by molar-refractivity contribution is 6.33. The Hall–Kier alpha value is -1.02. The van der Waals surface area contributed by atoms with E-state index in [1.165, 1.54) is 5.69 Å². The predicted octanol–water partition coefficient (Wildman–Crippen LogP) is 4.12. The maximum atomic E-state index is 11.7. The quantitative estimate of drug-likeness (QED) is 0.547. The van der Waals surface area contributed by atoms with Gasteiger partial charge in [0.1, 0.15) is 0 Å². The van der Waals surface area contributed by atoms with Crippen LogP contribution in [0.15, 0.2) is 24.3 Å². The fourth-order valence-corrected chi connectivity index (χ4v) is 2.10. The van der Waals surface area contributed by atoms with E-state index in [4.69, 9.17) is 11.6 Å². The molecule has 3 heteroatoms. The third kappa shape index (κ3) is 4.02. The number of ketones is 1. The van der Waals surface area contributed by atoms with Crippen LogP contribution in [0.3, 0.4) is 0 Å². The molecule has 1 aromatic rings. The van der Waals surface area contributed by atoms with Crippen LogP contribution >= 0.6 is 11.6 Å². The largest absolute Gasteiger partial charge is 0.372 e. The molecule has 0 aliphatic heterocycles. The number of benzene rings is 1. The molecule has 0 heterocycles. The third-order valence-electron chi connectivity index (χ3n) is 2.87. The van der Waals surface area contributed by atoms with Crippen molar-refractivity contribution in [2.45, 2.75) is 39.0 Å². The van der Waals surface area contributed by atoms with Crippen molar-refractivity contribution in [2.75, 3.05) is 18.0 Å². The van der Waals surface area contributed by atoms with Crippen molar-refractivity contribution in [1.82, 2.24) is 0 Å². The molecule has 0 saturated heterocycles. The maximum Gasteiger partial charge on any atom is 0.180 e. The molecule has 0 amide bonds. The monoisotopic (exact) mass is 267 g/mol. The van der Waals surface area contributed by atoms with E-state index in [0.29, 0.717) is 5.56 Å². The zero-order valence-corrected chi connectivity index (χ0v) is 12.2. The summed E-state index contributed by atoms with van der Waals surface area (Å²) in [5.74, 6) is -0.0132. The number of carbonyl (C=O) groups excluding carboxylic acids is 1. The summed E-state index contributed by atoms with van der Waals surface area (Å²) in [7, 11) is 0. The number of Topliss-reactive ketones (excluding diaryl/α,β-unsaturated/α-hetero) is 1. The lowest BCUT2D eigenvalue weighted by molar-refractivity contribution is 0.0992. The van der Waals surface area contributed by atoms with Crippen LogP contribution in [-0.2, 0) is 0 Å². The molecule has 0 aromatic heterocycles. The van der Waals surface area contributed by atoms with Gasteiger partial charge in [-0.05, 0) is 44.0 Å². The van der Waals surface area contributed by atoms with Crippen molar-refractivity contribution in [1.29, 1.82) is 0 Å².